The van der Waals surface area contributed by atoms with Crippen molar-refractivity contribution in [3.63, 3.8) is 0 Å². The zero-order chi connectivity index (χ0) is 16.2. The third kappa shape index (κ3) is 2.57. The highest BCUT2D eigenvalue weighted by Gasteiger charge is 2.62. The Labute approximate surface area is 135 Å². The molecule has 0 bridgehead atoms. The lowest BCUT2D eigenvalue weighted by molar-refractivity contribution is 0.372. The molecule has 122 valence electrons. The highest BCUT2D eigenvalue weighted by atomic mass is 32.2. The number of aromatic nitrogens is 2. The van der Waals surface area contributed by atoms with Gasteiger partial charge in [0.05, 0.1) is 4.90 Å². The lowest BCUT2D eigenvalue weighted by Crippen LogP contribution is -2.29. The molecular weight excluding hydrogens is 314 g/mol. The number of hydrogen-bond acceptors (Lipinski definition) is 5. The van der Waals surface area contributed by atoms with Gasteiger partial charge in [0.25, 0.3) is 0 Å². The first-order chi connectivity index (χ1) is 10.9. The van der Waals surface area contributed by atoms with Crippen LogP contribution in [-0.2, 0) is 10.0 Å². The van der Waals surface area contributed by atoms with Crippen LogP contribution in [0.4, 0.5) is 0 Å². The van der Waals surface area contributed by atoms with E-state index in [0.29, 0.717) is 17.6 Å². The first-order valence-corrected chi connectivity index (χ1v) is 9.29. The predicted molar refractivity (Wildman–Crippen MR) is 83.3 cm³/mol. The Morgan fingerprint density at radius 3 is 2.57 bits per heavy atom. The number of benzene rings is 1. The monoisotopic (exact) mass is 333 g/mol. The first kappa shape index (κ1) is 14.8. The fourth-order valence-corrected chi connectivity index (χ4v) is 4.47. The number of hydrogen-bond donors (Lipinski definition) is 1. The van der Waals surface area contributed by atoms with E-state index in [4.69, 9.17) is 4.52 Å². The molecule has 7 heteroatoms. The smallest absolute Gasteiger partial charge is 0.240 e. The van der Waals surface area contributed by atoms with E-state index in [1.54, 1.807) is 30.3 Å². The van der Waals surface area contributed by atoms with E-state index in [2.05, 4.69) is 14.9 Å². The van der Waals surface area contributed by atoms with Crippen LogP contribution in [0.15, 0.2) is 39.8 Å². The minimum absolute atomic E-state index is 0.0581. The summed E-state index contributed by atoms with van der Waals surface area (Å²) in [6.07, 6.45) is 2.19. The minimum atomic E-state index is -3.54. The number of rotatable bonds is 5. The summed E-state index contributed by atoms with van der Waals surface area (Å²) in [4.78, 5) is 4.74. The third-order valence-electron chi connectivity index (χ3n) is 4.83. The predicted octanol–water partition coefficient (Wildman–Crippen LogP) is 2.42. The van der Waals surface area contributed by atoms with Crippen LogP contribution in [0.5, 0.6) is 0 Å². The van der Waals surface area contributed by atoms with Crippen LogP contribution in [0.1, 0.15) is 50.2 Å². The topological polar surface area (TPSA) is 85.1 Å². The van der Waals surface area contributed by atoms with Crippen LogP contribution in [0.25, 0.3) is 0 Å². The van der Waals surface area contributed by atoms with Gasteiger partial charge in [-0.2, -0.15) is 4.98 Å². The van der Waals surface area contributed by atoms with Crippen molar-refractivity contribution in [1.29, 1.82) is 0 Å². The summed E-state index contributed by atoms with van der Waals surface area (Å²) in [5.41, 5.74) is -0.230. The van der Waals surface area contributed by atoms with Gasteiger partial charge in [0.15, 0.2) is 5.82 Å². The molecule has 2 aliphatic rings. The summed E-state index contributed by atoms with van der Waals surface area (Å²) >= 11 is 0. The van der Waals surface area contributed by atoms with Crippen molar-refractivity contribution < 1.29 is 12.9 Å². The van der Waals surface area contributed by atoms with Crippen molar-refractivity contribution in [3.8, 4) is 0 Å². The van der Waals surface area contributed by atoms with Gasteiger partial charge in [-0.25, -0.2) is 13.1 Å². The normalized spacial score (nSPS) is 26.2. The van der Waals surface area contributed by atoms with Gasteiger partial charge < -0.3 is 4.52 Å². The molecule has 2 saturated carbocycles. The summed E-state index contributed by atoms with van der Waals surface area (Å²) in [6.45, 7) is 4.03. The molecule has 23 heavy (non-hydrogen) atoms. The zero-order valence-corrected chi connectivity index (χ0v) is 13.9. The molecule has 0 aliphatic heterocycles. The maximum atomic E-state index is 12.5. The van der Waals surface area contributed by atoms with Crippen LogP contribution >= 0.6 is 0 Å². The van der Waals surface area contributed by atoms with E-state index in [1.807, 2.05) is 13.8 Å². The van der Waals surface area contributed by atoms with Crippen LogP contribution in [-0.4, -0.2) is 24.6 Å². The van der Waals surface area contributed by atoms with E-state index in [1.165, 1.54) is 0 Å². The molecule has 1 N–H and O–H groups in total. The maximum Gasteiger partial charge on any atom is 0.240 e. The number of nitrogens with zero attached hydrogens (tertiary/aromatic N) is 2. The number of nitrogens with one attached hydrogen (secondary N) is 1. The largest absolute Gasteiger partial charge is 0.339 e. The quantitative estimate of drug-likeness (QED) is 0.908. The summed E-state index contributed by atoms with van der Waals surface area (Å²) in [7, 11) is -3.54. The van der Waals surface area contributed by atoms with Gasteiger partial charge in [0, 0.05) is 17.9 Å². The number of sulfonamides is 1. The van der Waals surface area contributed by atoms with E-state index in [9.17, 15) is 8.42 Å². The molecule has 1 aromatic heterocycles. The molecule has 0 spiro atoms. The molecule has 6 nitrogen and oxygen atoms in total. The second-order valence-corrected chi connectivity index (χ2v) is 8.69. The second-order valence-electron chi connectivity index (χ2n) is 6.98. The molecular formula is C16H19N3O3S. The van der Waals surface area contributed by atoms with Crippen molar-refractivity contribution in [2.75, 3.05) is 0 Å². The molecule has 2 atom stereocenters. The molecule has 1 aromatic carbocycles. The molecule has 0 amide bonds. The van der Waals surface area contributed by atoms with E-state index >= 15 is 0 Å². The Hall–Kier alpha value is -1.73. The SMILES string of the molecule is CC1(C)[C@H](c2noc(C3CC3)n2)[C@@H]1NS(=O)(=O)c1ccccc1. The lowest BCUT2D eigenvalue weighted by Gasteiger charge is -2.07. The molecule has 1 heterocycles. The molecule has 0 saturated heterocycles. The van der Waals surface area contributed by atoms with Gasteiger partial charge in [-0.1, -0.05) is 37.2 Å². The fourth-order valence-electron chi connectivity index (χ4n) is 3.04. The molecule has 0 radical (unpaired) electrons. The van der Waals surface area contributed by atoms with Crippen molar-refractivity contribution in [2.24, 2.45) is 5.41 Å². The highest BCUT2D eigenvalue weighted by Crippen LogP contribution is 2.58. The van der Waals surface area contributed by atoms with Crippen molar-refractivity contribution >= 4 is 10.0 Å². The van der Waals surface area contributed by atoms with E-state index in [0.717, 1.165) is 12.8 Å². The van der Waals surface area contributed by atoms with Crippen LogP contribution in [0, 0.1) is 5.41 Å². The van der Waals surface area contributed by atoms with Crippen LogP contribution in [0.3, 0.4) is 0 Å². The van der Waals surface area contributed by atoms with Gasteiger partial charge >= 0.3 is 0 Å². The van der Waals surface area contributed by atoms with Crippen molar-refractivity contribution in [3.05, 3.63) is 42.0 Å². The highest BCUT2D eigenvalue weighted by molar-refractivity contribution is 7.89. The average molecular weight is 333 g/mol. The second kappa shape index (κ2) is 4.88. The minimum Gasteiger partial charge on any atom is -0.339 e. The molecule has 2 aliphatic carbocycles. The Morgan fingerprint density at radius 2 is 1.91 bits per heavy atom. The van der Waals surface area contributed by atoms with Gasteiger partial charge in [-0.3, -0.25) is 0 Å². The van der Waals surface area contributed by atoms with Crippen molar-refractivity contribution in [2.45, 2.75) is 49.5 Å². The summed E-state index contributed by atoms with van der Waals surface area (Å²) in [5.74, 6) is 1.64. The fraction of sp³-hybridized carbons (Fsp3) is 0.500. The Balaban J connectivity index is 1.55. The molecule has 2 aromatic rings. The third-order valence-corrected chi connectivity index (χ3v) is 6.28. The van der Waals surface area contributed by atoms with Crippen LogP contribution in [0.2, 0.25) is 0 Å². The first-order valence-electron chi connectivity index (χ1n) is 7.80. The summed E-state index contributed by atoms with van der Waals surface area (Å²) in [5, 5.41) is 4.07. The Kier molecular flexibility index (Phi) is 3.15. The molecule has 4 rings (SSSR count). The lowest BCUT2D eigenvalue weighted by atomic mass is 10.1. The molecule has 2 fully saturated rings. The van der Waals surface area contributed by atoms with Gasteiger partial charge in [0.2, 0.25) is 15.9 Å². The average Bonchev–Trinajstić information content (AvgIpc) is 3.39. The van der Waals surface area contributed by atoms with Gasteiger partial charge in [0.1, 0.15) is 0 Å². The van der Waals surface area contributed by atoms with Gasteiger partial charge in [-0.05, 0) is 30.4 Å². The Morgan fingerprint density at radius 1 is 1.22 bits per heavy atom. The van der Waals surface area contributed by atoms with E-state index in [-0.39, 0.29) is 22.3 Å². The van der Waals surface area contributed by atoms with Gasteiger partial charge in [-0.15, -0.1) is 0 Å². The summed E-state index contributed by atoms with van der Waals surface area (Å²) in [6, 6.07) is 8.17. The molecule has 0 unspecified atom stereocenters. The summed E-state index contributed by atoms with van der Waals surface area (Å²) < 4.78 is 33.1. The Bertz CT molecular complexity index is 825. The zero-order valence-electron chi connectivity index (χ0n) is 13.1. The maximum absolute atomic E-state index is 12.5. The standard InChI is InChI=1S/C16H19N3O3S/c1-16(2)12(14-17-15(22-18-14)10-8-9-10)13(16)19-23(20,21)11-6-4-3-5-7-11/h3-7,10,12-13,19H,8-9H2,1-2H3/t12-,13-/m0/s1. The van der Waals surface area contributed by atoms with Crippen molar-refractivity contribution in [1.82, 2.24) is 14.9 Å². The van der Waals surface area contributed by atoms with E-state index < -0.39 is 10.0 Å². The van der Waals surface area contributed by atoms with Crippen LogP contribution < -0.4 is 4.72 Å².